The number of anilines is 1. The first-order valence-electron chi connectivity index (χ1n) is 7.55. The molecule has 2 aromatic carbocycles. The molecule has 3 rings (SSSR count). The number of thioether (sulfide) groups is 1. The number of aromatic nitrogens is 2. The van der Waals surface area contributed by atoms with Crippen molar-refractivity contribution in [3.63, 3.8) is 0 Å². The fraction of sp³-hybridized carbons (Fsp3) is 0.167. The van der Waals surface area contributed by atoms with E-state index in [0.717, 1.165) is 16.8 Å². The van der Waals surface area contributed by atoms with E-state index in [1.807, 2.05) is 61.5 Å². The molecule has 0 unspecified atom stereocenters. The van der Waals surface area contributed by atoms with Crippen molar-refractivity contribution >= 4 is 23.4 Å². The normalized spacial score (nSPS) is 11.9. The van der Waals surface area contributed by atoms with Gasteiger partial charge in [0.25, 0.3) is 5.22 Å². The Morgan fingerprint density at radius 2 is 1.79 bits per heavy atom. The summed E-state index contributed by atoms with van der Waals surface area (Å²) in [6, 6.07) is 17.1. The summed E-state index contributed by atoms with van der Waals surface area (Å²) in [6.45, 7) is 3.79. The highest BCUT2D eigenvalue weighted by atomic mass is 32.2. The molecule has 0 saturated carbocycles. The van der Waals surface area contributed by atoms with E-state index in [1.165, 1.54) is 11.8 Å². The van der Waals surface area contributed by atoms with Crippen molar-refractivity contribution in [2.75, 3.05) is 5.32 Å². The van der Waals surface area contributed by atoms with E-state index in [9.17, 15) is 4.79 Å². The molecule has 1 aromatic heterocycles. The summed E-state index contributed by atoms with van der Waals surface area (Å²) in [5.74, 6) is 0.355. The first-order chi connectivity index (χ1) is 11.6. The third kappa shape index (κ3) is 3.83. The van der Waals surface area contributed by atoms with Crippen LogP contribution >= 0.6 is 11.8 Å². The van der Waals surface area contributed by atoms with Crippen molar-refractivity contribution in [2.24, 2.45) is 0 Å². The van der Waals surface area contributed by atoms with Crippen molar-refractivity contribution in [2.45, 2.75) is 24.3 Å². The average molecular weight is 339 g/mol. The summed E-state index contributed by atoms with van der Waals surface area (Å²) < 4.78 is 5.68. The van der Waals surface area contributed by atoms with Gasteiger partial charge < -0.3 is 9.73 Å². The molecule has 5 nitrogen and oxygen atoms in total. The number of carbonyl (C=O) groups is 1. The number of nitrogens with zero attached hydrogens (tertiary/aromatic N) is 2. The number of amides is 1. The first-order valence-corrected chi connectivity index (χ1v) is 8.43. The summed E-state index contributed by atoms with van der Waals surface area (Å²) in [6.07, 6.45) is 0. The molecule has 0 fully saturated rings. The second-order valence-electron chi connectivity index (χ2n) is 5.30. The van der Waals surface area contributed by atoms with Gasteiger partial charge in [-0.25, -0.2) is 0 Å². The van der Waals surface area contributed by atoms with Gasteiger partial charge in [0.2, 0.25) is 11.8 Å². The van der Waals surface area contributed by atoms with Gasteiger partial charge in [-0.2, -0.15) is 0 Å². The molecule has 0 aliphatic carbocycles. The van der Waals surface area contributed by atoms with Crippen molar-refractivity contribution in [1.82, 2.24) is 10.2 Å². The summed E-state index contributed by atoms with van der Waals surface area (Å²) in [5, 5.41) is 11.0. The molecule has 1 amide bonds. The van der Waals surface area contributed by atoms with E-state index < -0.39 is 0 Å². The molecule has 0 radical (unpaired) electrons. The molecule has 3 aromatic rings. The number of hydrogen-bond acceptors (Lipinski definition) is 5. The molecule has 0 saturated heterocycles. The maximum absolute atomic E-state index is 12.2. The number of rotatable bonds is 5. The lowest BCUT2D eigenvalue weighted by Gasteiger charge is -2.09. The zero-order valence-corrected chi connectivity index (χ0v) is 14.2. The lowest BCUT2D eigenvalue weighted by molar-refractivity contribution is -0.115. The molecule has 6 heteroatoms. The molecule has 0 spiro atoms. The van der Waals surface area contributed by atoms with Gasteiger partial charge >= 0.3 is 0 Å². The minimum Gasteiger partial charge on any atom is -0.411 e. The second kappa shape index (κ2) is 7.31. The lowest BCUT2D eigenvalue weighted by Crippen LogP contribution is -2.22. The van der Waals surface area contributed by atoms with Gasteiger partial charge in [0, 0.05) is 11.3 Å². The van der Waals surface area contributed by atoms with Crippen LogP contribution in [0.1, 0.15) is 12.5 Å². The SMILES string of the molecule is Cc1ccccc1-c1nnc(S[C@H](C)C(=O)Nc2ccccc2)o1. The van der Waals surface area contributed by atoms with Crippen molar-refractivity contribution in [1.29, 1.82) is 0 Å². The Morgan fingerprint density at radius 1 is 1.08 bits per heavy atom. The predicted octanol–water partition coefficient (Wildman–Crippen LogP) is 4.16. The topological polar surface area (TPSA) is 68.0 Å². The highest BCUT2D eigenvalue weighted by Crippen LogP contribution is 2.28. The average Bonchev–Trinajstić information content (AvgIpc) is 3.04. The fourth-order valence-electron chi connectivity index (χ4n) is 2.15. The smallest absolute Gasteiger partial charge is 0.277 e. The van der Waals surface area contributed by atoms with Crippen LogP contribution in [-0.4, -0.2) is 21.4 Å². The van der Waals surface area contributed by atoms with Gasteiger partial charge in [0.05, 0.1) is 5.25 Å². The van der Waals surface area contributed by atoms with Gasteiger partial charge in [0.1, 0.15) is 0 Å². The Morgan fingerprint density at radius 3 is 2.54 bits per heavy atom. The highest BCUT2D eigenvalue weighted by molar-refractivity contribution is 8.00. The molecular weight excluding hydrogens is 322 g/mol. The molecule has 0 bridgehead atoms. The van der Waals surface area contributed by atoms with E-state index >= 15 is 0 Å². The molecule has 1 heterocycles. The fourth-order valence-corrected chi connectivity index (χ4v) is 2.83. The number of aryl methyl sites for hydroxylation is 1. The van der Waals surface area contributed by atoms with E-state index in [-0.39, 0.29) is 11.2 Å². The minimum atomic E-state index is -0.352. The first kappa shape index (κ1) is 16.3. The third-order valence-corrected chi connectivity index (χ3v) is 4.40. The predicted molar refractivity (Wildman–Crippen MR) is 94.9 cm³/mol. The summed E-state index contributed by atoms with van der Waals surface area (Å²) in [7, 11) is 0. The number of nitrogens with one attached hydrogen (secondary N) is 1. The van der Waals surface area contributed by atoms with Crippen LogP contribution in [0.2, 0.25) is 0 Å². The zero-order chi connectivity index (χ0) is 16.9. The third-order valence-electron chi connectivity index (χ3n) is 3.47. The number of benzene rings is 2. The zero-order valence-electron chi connectivity index (χ0n) is 13.4. The molecule has 1 atom stereocenters. The van der Waals surface area contributed by atoms with Gasteiger partial charge in [0.15, 0.2) is 0 Å². The largest absolute Gasteiger partial charge is 0.411 e. The van der Waals surface area contributed by atoms with Gasteiger partial charge in [-0.3, -0.25) is 4.79 Å². The molecule has 1 N–H and O–H groups in total. The van der Waals surface area contributed by atoms with E-state index in [0.29, 0.717) is 11.1 Å². The van der Waals surface area contributed by atoms with Crippen LogP contribution in [0.3, 0.4) is 0 Å². The van der Waals surface area contributed by atoms with E-state index in [2.05, 4.69) is 15.5 Å². The van der Waals surface area contributed by atoms with Crippen LogP contribution in [0, 0.1) is 6.92 Å². The molecule has 24 heavy (non-hydrogen) atoms. The maximum atomic E-state index is 12.2. The molecular formula is C18H17N3O2S. The van der Waals surface area contributed by atoms with Crippen LogP contribution in [0.4, 0.5) is 5.69 Å². The van der Waals surface area contributed by atoms with Crippen LogP contribution in [0.25, 0.3) is 11.5 Å². The highest BCUT2D eigenvalue weighted by Gasteiger charge is 2.19. The summed E-state index contributed by atoms with van der Waals surface area (Å²) in [5.41, 5.74) is 2.73. The maximum Gasteiger partial charge on any atom is 0.277 e. The van der Waals surface area contributed by atoms with Gasteiger partial charge in [-0.1, -0.05) is 48.2 Å². The number of hydrogen-bond donors (Lipinski definition) is 1. The second-order valence-corrected chi connectivity index (χ2v) is 6.60. The van der Waals surface area contributed by atoms with Gasteiger partial charge in [-0.05, 0) is 37.6 Å². The Labute approximate surface area is 144 Å². The van der Waals surface area contributed by atoms with Crippen LogP contribution in [0.5, 0.6) is 0 Å². The molecule has 0 aliphatic heterocycles. The van der Waals surface area contributed by atoms with Crippen LogP contribution < -0.4 is 5.32 Å². The van der Waals surface area contributed by atoms with E-state index in [4.69, 9.17) is 4.42 Å². The Balaban J connectivity index is 1.66. The Bertz CT molecular complexity index is 833. The van der Waals surface area contributed by atoms with Crippen LogP contribution in [0.15, 0.2) is 64.2 Å². The lowest BCUT2D eigenvalue weighted by atomic mass is 10.1. The van der Waals surface area contributed by atoms with Gasteiger partial charge in [-0.15, -0.1) is 10.2 Å². The van der Waals surface area contributed by atoms with Crippen molar-refractivity contribution < 1.29 is 9.21 Å². The van der Waals surface area contributed by atoms with Crippen molar-refractivity contribution in [3.05, 3.63) is 60.2 Å². The minimum absolute atomic E-state index is 0.109. The Kier molecular flexibility index (Phi) is 4.96. The van der Waals surface area contributed by atoms with E-state index in [1.54, 1.807) is 6.92 Å². The Hall–Kier alpha value is -2.60. The molecule has 0 aliphatic rings. The summed E-state index contributed by atoms with van der Waals surface area (Å²) >= 11 is 1.24. The molecule has 122 valence electrons. The summed E-state index contributed by atoms with van der Waals surface area (Å²) in [4.78, 5) is 12.2. The number of para-hydroxylation sites is 1. The monoisotopic (exact) mass is 339 g/mol. The quantitative estimate of drug-likeness (QED) is 0.707. The standard InChI is InChI=1S/C18H17N3O2S/c1-12-8-6-7-11-15(12)17-20-21-18(23-17)24-13(2)16(22)19-14-9-4-3-5-10-14/h3-11,13H,1-2H3,(H,19,22)/t13-/m1/s1. The van der Waals surface area contributed by atoms with Crippen LogP contribution in [-0.2, 0) is 4.79 Å². The van der Waals surface area contributed by atoms with Crippen molar-refractivity contribution in [3.8, 4) is 11.5 Å². The number of carbonyl (C=O) groups excluding carboxylic acids is 1.